The maximum absolute atomic E-state index is 14.0. The number of unbranched alkanes of at least 4 members (excludes halogenated alkanes) is 1. The molecular formula is C31H39N3O6S. The molecule has 9 nitrogen and oxygen atoms in total. The van der Waals surface area contributed by atoms with E-state index in [9.17, 15) is 18.0 Å². The van der Waals surface area contributed by atoms with Crippen LogP contribution in [0.1, 0.15) is 32.3 Å². The topological polar surface area (TPSA) is 105 Å². The Morgan fingerprint density at radius 2 is 1.54 bits per heavy atom. The van der Waals surface area contributed by atoms with Gasteiger partial charge in [0.25, 0.3) is 10.0 Å². The molecule has 0 spiro atoms. The van der Waals surface area contributed by atoms with E-state index < -0.39 is 28.5 Å². The summed E-state index contributed by atoms with van der Waals surface area (Å²) < 4.78 is 39.6. The van der Waals surface area contributed by atoms with Crippen molar-refractivity contribution >= 4 is 27.5 Å². The number of rotatable bonds is 15. The largest absolute Gasteiger partial charge is 0.493 e. The number of amides is 2. The third-order valence-electron chi connectivity index (χ3n) is 6.75. The van der Waals surface area contributed by atoms with Gasteiger partial charge in [0, 0.05) is 19.2 Å². The number of carbonyl (C=O) groups excluding carboxylic acids is 2. The molecule has 2 amide bonds. The molecule has 0 aromatic heterocycles. The fourth-order valence-corrected chi connectivity index (χ4v) is 5.76. The normalized spacial score (nSPS) is 11.8. The van der Waals surface area contributed by atoms with Crippen LogP contribution in [0.4, 0.5) is 5.69 Å². The van der Waals surface area contributed by atoms with Crippen LogP contribution < -0.4 is 19.1 Å². The first-order chi connectivity index (χ1) is 19.7. The summed E-state index contributed by atoms with van der Waals surface area (Å²) in [4.78, 5) is 28.3. The molecule has 0 fully saturated rings. The quantitative estimate of drug-likeness (QED) is 0.269. The minimum Gasteiger partial charge on any atom is -0.493 e. The summed E-state index contributed by atoms with van der Waals surface area (Å²) in [6.07, 6.45) is 2.25. The van der Waals surface area contributed by atoms with Gasteiger partial charge in [-0.25, -0.2) is 8.42 Å². The van der Waals surface area contributed by atoms with E-state index in [1.807, 2.05) is 37.3 Å². The summed E-state index contributed by atoms with van der Waals surface area (Å²) in [5.74, 6) is -0.153. The third-order valence-corrected chi connectivity index (χ3v) is 8.52. The summed E-state index contributed by atoms with van der Waals surface area (Å²) in [6.45, 7) is 3.94. The zero-order chi connectivity index (χ0) is 29.8. The smallest absolute Gasteiger partial charge is 0.264 e. The van der Waals surface area contributed by atoms with E-state index in [1.54, 1.807) is 37.3 Å². The van der Waals surface area contributed by atoms with Gasteiger partial charge in [0.1, 0.15) is 12.6 Å². The SMILES string of the molecule is CCCCNC(=O)C(C)N(CCc1ccccc1)C(=O)CN(c1ccccc1)S(=O)(=O)c1ccc(OC)c(OC)c1. The van der Waals surface area contributed by atoms with Crippen LogP contribution in [0.15, 0.2) is 83.8 Å². The second-order valence-electron chi connectivity index (χ2n) is 9.51. The van der Waals surface area contributed by atoms with Crippen molar-refractivity contribution in [3.8, 4) is 11.5 Å². The van der Waals surface area contributed by atoms with Crippen molar-refractivity contribution in [3.63, 3.8) is 0 Å². The fourth-order valence-electron chi connectivity index (χ4n) is 4.33. The second-order valence-corrected chi connectivity index (χ2v) is 11.4. The molecule has 1 atom stereocenters. The van der Waals surface area contributed by atoms with E-state index in [1.165, 1.54) is 37.3 Å². The molecule has 1 unspecified atom stereocenters. The molecule has 0 aliphatic carbocycles. The number of sulfonamides is 1. The molecule has 0 saturated heterocycles. The lowest BCUT2D eigenvalue weighted by Gasteiger charge is -2.32. The van der Waals surface area contributed by atoms with Gasteiger partial charge < -0.3 is 19.7 Å². The Morgan fingerprint density at radius 3 is 2.15 bits per heavy atom. The molecule has 1 N–H and O–H groups in total. The molecule has 0 aliphatic heterocycles. The number of anilines is 1. The maximum Gasteiger partial charge on any atom is 0.264 e. The van der Waals surface area contributed by atoms with Gasteiger partial charge >= 0.3 is 0 Å². The Bertz CT molecular complexity index is 1380. The number of methoxy groups -OCH3 is 2. The molecule has 3 aromatic carbocycles. The van der Waals surface area contributed by atoms with Crippen LogP contribution in [-0.4, -0.2) is 65.0 Å². The first-order valence-corrected chi connectivity index (χ1v) is 15.1. The Labute approximate surface area is 243 Å². The van der Waals surface area contributed by atoms with Crippen LogP contribution in [0.5, 0.6) is 11.5 Å². The molecular weight excluding hydrogens is 542 g/mol. The Kier molecular flexibility index (Phi) is 11.6. The Hall–Kier alpha value is -4.05. The average molecular weight is 582 g/mol. The van der Waals surface area contributed by atoms with E-state index >= 15 is 0 Å². The van der Waals surface area contributed by atoms with E-state index in [2.05, 4.69) is 5.32 Å². The summed E-state index contributed by atoms with van der Waals surface area (Å²) in [6, 6.07) is 21.5. The molecule has 220 valence electrons. The molecule has 10 heteroatoms. The highest BCUT2D eigenvalue weighted by Gasteiger charge is 2.32. The molecule has 0 aliphatic rings. The number of hydrogen-bond acceptors (Lipinski definition) is 6. The fraction of sp³-hybridized carbons (Fsp3) is 0.355. The van der Waals surface area contributed by atoms with Gasteiger partial charge in [0.05, 0.1) is 24.8 Å². The number of benzene rings is 3. The predicted octanol–water partition coefficient (Wildman–Crippen LogP) is 4.28. The minimum absolute atomic E-state index is 0.0620. The van der Waals surface area contributed by atoms with E-state index in [0.717, 1.165) is 22.7 Å². The second kappa shape index (κ2) is 15.1. The summed E-state index contributed by atoms with van der Waals surface area (Å²) in [5.41, 5.74) is 1.32. The summed E-state index contributed by atoms with van der Waals surface area (Å²) in [7, 11) is -1.34. The van der Waals surface area contributed by atoms with Crippen molar-refractivity contribution in [2.45, 2.75) is 44.0 Å². The lowest BCUT2D eigenvalue weighted by atomic mass is 10.1. The highest BCUT2D eigenvalue weighted by molar-refractivity contribution is 7.92. The highest BCUT2D eigenvalue weighted by atomic mass is 32.2. The monoisotopic (exact) mass is 581 g/mol. The summed E-state index contributed by atoms with van der Waals surface area (Å²) in [5, 5.41) is 2.89. The number of para-hydroxylation sites is 1. The van der Waals surface area contributed by atoms with E-state index in [0.29, 0.717) is 24.4 Å². The van der Waals surface area contributed by atoms with Crippen LogP contribution in [0, 0.1) is 0 Å². The van der Waals surface area contributed by atoms with Crippen LogP contribution in [0.25, 0.3) is 0 Å². The first-order valence-electron chi connectivity index (χ1n) is 13.6. The molecule has 0 bridgehead atoms. The standard InChI is InChI=1S/C31H39N3O6S/c1-5-6-20-32-31(36)24(2)33(21-19-25-13-9-7-10-14-25)30(35)23-34(26-15-11-8-12-16-26)41(37,38)27-17-18-28(39-3)29(22-27)40-4/h7-18,22,24H,5-6,19-21,23H2,1-4H3,(H,32,36). The lowest BCUT2D eigenvalue weighted by Crippen LogP contribution is -2.52. The number of hydrogen-bond donors (Lipinski definition) is 1. The third kappa shape index (κ3) is 8.23. The van der Waals surface area contributed by atoms with Crippen molar-refractivity contribution in [3.05, 3.63) is 84.4 Å². The maximum atomic E-state index is 14.0. The molecule has 0 saturated carbocycles. The minimum atomic E-state index is -4.22. The van der Waals surface area contributed by atoms with Crippen LogP contribution in [-0.2, 0) is 26.0 Å². The van der Waals surface area contributed by atoms with E-state index in [4.69, 9.17) is 9.47 Å². The average Bonchev–Trinajstić information content (AvgIpc) is 3.00. The van der Waals surface area contributed by atoms with E-state index in [-0.39, 0.29) is 23.1 Å². The van der Waals surface area contributed by atoms with Gasteiger partial charge in [0.15, 0.2) is 11.5 Å². The molecule has 0 heterocycles. The zero-order valence-electron chi connectivity index (χ0n) is 24.1. The van der Waals surface area contributed by atoms with Crippen molar-refractivity contribution in [1.29, 1.82) is 0 Å². The van der Waals surface area contributed by atoms with Crippen LogP contribution >= 0.6 is 0 Å². The predicted molar refractivity (Wildman–Crippen MR) is 160 cm³/mol. The number of carbonyl (C=O) groups is 2. The van der Waals surface area contributed by atoms with Gasteiger partial charge in [-0.3, -0.25) is 13.9 Å². The summed E-state index contributed by atoms with van der Waals surface area (Å²) >= 11 is 0. The lowest BCUT2D eigenvalue weighted by molar-refractivity contribution is -0.138. The Morgan fingerprint density at radius 1 is 0.902 bits per heavy atom. The van der Waals surface area contributed by atoms with Crippen molar-refractivity contribution in [2.24, 2.45) is 0 Å². The first kappa shape index (κ1) is 31.5. The van der Waals surface area contributed by atoms with Crippen LogP contribution in [0.2, 0.25) is 0 Å². The number of nitrogens with zero attached hydrogens (tertiary/aromatic N) is 2. The van der Waals surface area contributed by atoms with Crippen molar-refractivity contribution in [1.82, 2.24) is 10.2 Å². The molecule has 41 heavy (non-hydrogen) atoms. The molecule has 3 rings (SSSR count). The molecule has 3 aromatic rings. The Balaban J connectivity index is 1.96. The number of ether oxygens (including phenoxy) is 2. The zero-order valence-corrected chi connectivity index (χ0v) is 24.9. The van der Waals surface area contributed by atoms with Gasteiger partial charge in [-0.2, -0.15) is 0 Å². The van der Waals surface area contributed by atoms with Crippen molar-refractivity contribution < 1.29 is 27.5 Å². The van der Waals surface area contributed by atoms with Gasteiger partial charge in [-0.15, -0.1) is 0 Å². The number of nitrogens with one attached hydrogen (secondary N) is 1. The van der Waals surface area contributed by atoms with Gasteiger partial charge in [-0.05, 0) is 49.6 Å². The van der Waals surface area contributed by atoms with Crippen LogP contribution in [0.3, 0.4) is 0 Å². The van der Waals surface area contributed by atoms with Gasteiger partial charge in [0.2, 0.25) is 11.8 Å². The van der Waals surface area contributed by atoms with Crippen molar-refractivity contribution in [2.75, 3.05) is 38.2 Å². The highest BCUT2D eigenvalue weighted by Crippen LogP contribution is 2.32. The molecule has 0 radical (unpaired) electrons. The van der Waals surface area contributed by atoms with Gasteiger partial charge in [-0.1, -0.05) is 61.9 Å².